The van der Waals surface area contributed by atoms with Crippen LogP contribution >= 0.6 is 0 Å². The third-order valence-corrected chi connectivity index (χ3v) is 3.78. The Bertz CT molecular complexity index is 245. The lowest BCUT2D eigenvalue weighted by molar-refractivity contribution is -0.141. The summed E-state index contributed by atoms with van der Waals surface area (Å²) in [6.07, 6.45) is 2.04. The van der Waals surface area contributed by atoms with Gasteiger partial charge in [-0.1, -0.05) is 6.92 Å². The molecule has 2 atom stereocenters. The number of nitrogens with zero attached hydrogens (tertiary/aromatic N) is 2. The second-order valence-corrected chi connectivity index (χ2v) is 4.65. The van der Waals surface area contributed by atoms with Crippen molar-refractivity contribution in [2.45, 2.75) is 25.8 Å². The number of carboxylic acid groups (broad SMARTS) is 1. The predicted molar refractivity (Wildman–Crippen MR) is 57.8 cm³/mol. The third kappa shape index (κ3) is 2.32. The lowest BCUT2D eigenvalue weighted by atomic mass is 10.1. The molecule has 0 aromatic rings. The highest BCUT2D eigenvalue weighted by Gasteiger charge is 2.34. The third-order valence-electron chi connectivity index (χ3n) is 3.78. The summed E-state index contributed by atoms with van der Waals surface area (Å²) in [6, 6.07) is 0.606. The zero-order chi connectivity index (χ0) is 10.8. The van der Waals surface area contributed by atoms with Crippen molar-refractivity contribution in [2.24, 2.45) is 5.92 Å². The molecule has 0 aromatic carbocycles. The van der Waals surface area contributed by atoms with Crippen molar-refractivity contribution in [1.29, 1.82) is 0 Å². The van der Waals surface area contributed by atoms with Gasteiger partial charge < -0.3 is 10.0 Å². The first-order valence-electron chi connectivity index (χ1n) is 5.90. The molecule has 0 saturated carbocycles. The number of aliphatic carboxylic acids is 1. The number of carbonyl (C=O) groups is 1. The van der Waals surface area contributed by atoms with Gasteiger partial charge in [0.1, 0.15) is 0 Å². The van der Waals surface area contributed by atoms with Crippen molar-refractivity contribution < 1.29 is 9.90 Å². The Morgan fingerprint density at radius 1 is 1.33 bits per heavy atom. The van der Waals surface area contributed by atoms with Crippen LogP contribution in [0.15, 0.2) is 0 Å². The molecule has 0 aromatic heterocycles. The highest BCUT2D eigenvalue weighted by atomic mass is 16.4. The summed E-state index contributed by atoms with van der Waals surface area (Å²) in [5.41, 5.74) is 0. The number of likely N-dealkylation sites (tertiary alicyclic amines) is 2. The summed E-state index contributed by atoms with van der Waals surface area (Å²) >= 11 is 0. The number of hydrogen-bond donors (Lipinski definition) is 1. The smallest absolute Gasteiger partial charge is 0.307 e. The highest BCUT2D eigenvalue weighted by Crippen LogP contribution is 2.23. The van der Waals surface area contributed by atoms with Gasteiger partial charge in [-0.2, -0.15) is 0 Å². The molecule has 2 aliphatic heterocycles. The van der Waals surface area contributed by atoms with E-state index in [-0.39, 0.29) is 5.92 Å². The molecule has 4 heteroatoms. The van der Waals surface area contributed by atoms with Gasteiger partial charge in [-0.15, -0.1) is 0 Å². The molecule has 0 radical (unpaired) electrons. The topological polar surface area (TPSA) is 43.8 Å². The van der Waals surface area contributed by atoms with Crippen molar-refractivity contribution in [3.63, 3.8) is 0 Å². The maximum atomic E-state index is 10.8. The summed E-state index contributed by atoms with van der Waals surface area (Å²) in [6.45, 7) is 7.34. The minimum Gasteiger partial charge on any atom is -0.481 e. The van der Waals surface area contributed by atoms with Crippen LogP contribution in [-0.4, -0.2) is 59.6 Å². The van der Waals surface area contributed by atoms with Gasteiger partial charge in [0.2, 0.25) is 0 Å². The van der Waals surface area contributed by atoms with E-state index < -0.39 is 5.97 Å². The SMILES string of the molecule is CCN1CCC(N2CCC(C(=O)O)C2)C1. The molecule has 0 bridgehead atoms. The lowest BCUT2D eigenvalue weighted by Crippen LogP contribution is -2.36. The first-order valence-corrected chi connectivity index (χ1v) is 5.90. The van der Waals surface area contributed by atoms with Crippen molar-refractivity contribution >= 4 is 5.97 Å². The Morgan fingerprint density at radius 3 is 2.67 bits per heavy atom. The molecule has 2 rings (SSSR count). The maximum absolute atomic E-state index is 10.8. The molecule has 0 spiro atoms. The van der Waals surface area contributed by atoms with Gasteiger partial charge in [0.05, 0.1) is 5.92 Å². The Labute approximate surface area is 90.9 Å². The number of carboxylic acids is 1. The van der Waals surface area contributed by atoms with Crippen LogP contribution < -0.4 is 0 Å². The molecule has 4 nitrogen and oxygen atoms in total. The minimum absolute atomic E-state index is 0.124. The largest absolute Gasteiger partial charge is 0.481 e. The highest BCUT2D eigenvalue weighted by molar-refractivity contribution is 5.70. The van der Waals surface area contributed by atoms with E-state index in [0.29, 0.717) is 6.04 Å². The van der Waals surface area contributed by atoms with Gasteiger partial charge >= 0.3 is 5.97 Å². The molecule has 0 amide bonds. The van der Waals surface area contributed by atoms with Crippen LogP contribution in [0, 0.1) is 5.92 Å². The Hall–Kier alpha value is -0.610. The van der Waals surface area contributed by atoms with Crippen molar-refractivity contribution in [3.05, 3.63) is 0 Å². The van der Waals surface area contributed by atoms with Gasteiger partial charge in [0.25, 0.3) is 0 Å². The van der Waals surface area contributed by atoms with Crippen LogP contribution in [-0.2, 0) is 4.79 Å². The maximum Gasteiger partial charge on any atom is 0.307 e. The molecule has 2 heterocycles. The first kappa shape index (κ1) is 10.9. The van der Waals surface area contributed by atoms with Crippen LogP contribution in [0.4, 0.5) is 0 Å². The van der Waals surface area contributed by atoms with Crippen LogP contribution in [0.5, 0.6) is 0 Å². The van der Waals surface area contributed by atoms with E-state index in [1.807, 2.05) is 0 Å². The van der Waals surface area contributed by atoms with E-state index in [2.05, 4.69) is 16.7 Å². The normalized spacial score (nSPS) is 33.7. The molecule has 2 saturated heterocycles. The monoisotopic (exact) mass is 212 g/mol. The number of rotatable bonds is 3. The van der Waals surface area contributed by atoms with Gasteiger partial charge in [-0.3, -0.25) is 9.69 Å². The molecule has 0 aliphatic carbocycles. The predicted octanol–water partition coefficient (Wildman–Crippen LogP) is 0.487. The first-order chi connectivity index (χ1) is 7.20. The van der Waals surface area contributed by atoms with Crippen LogP contribution in [0.25, 0.3) is 0 Å². The van der Waals surface area contributed by atoms with Crippen molar-refractivity contribution in [1.82, 2.24) is 9.80 Å². The van der Waals surface area contributed by atoms with E-state index in [9.17, 15) is 4.79 Å². The Morgan fingerprint density at radius 2 is 2.13 bits per heavy atom. The Kier molecular flexibility index (Phi) is 3.26. The molecular weight excluding hydrogens is 192 g/mol. The zero-order valence-corrected chi connectivity index (χ0v) is 9.35. The molecule has 1 N–H and O–H groups in total. The summed E-state index contributed by atoms with van der Waals surface area (Å²) < 4.78 is 0. The number of hydrogen-bond acceptors (Lipinski definition) is 3. The van der Waals surface area contributed by atoms with E-state index in [1.54, 1.807) is 0 Å². The lowest BCUT2D eigenvalue weighted by Gasteiger charge is -2.23. The zero-order valence-electron chi connectivity index (χ0n) is 9.35. The Balaban J connectivity index is 1.84. The van der Waals surface area contributed by atoms with E-state index in [4.69, 9.17) is 5.11 Å². The average Bonchev–Trinajstić information content (AvgIpc) is 2.86. The molecular formula is C11H20N2O2. The van der Waals surface area contributed by atoms with Crippen molar-refractivity contribution in [3.8, 4) is 0 Å². The number of likely N-dealkylation sites (N-methyl/N-ethyl adjacent to an activating group) is 1. The fourth-order valence-corrected chi connectivity index (χ4v) is 2.72. The van der Waals surface area contributed by atoms with Gasteiger partial charge in [-0.05, 0) is 32.5 Å². The van der Waals surface area contributed by atoms with Gasteiger partial charge in [0, 0.05) is 19.1 Å². The fourth-order valence-electron chi connectivity index (χ4n) is 2.72. The summed E-state index contributed by atoms with van der Waals surface area (Å²) in [7, 11) is 0. The minimum atomic E-state index is -0.622. The summed E-state index contributed by atoms with van der Waals surface area (Å²) in [4.78, 5) is 15.7. The van der Waals surface area contributed by atoms with Crippen LogP contribution in [0.3, 0.4) is 0 Å². The average molecular weight is 212 g/mol. The molecule has 2 fully saturated rings. The molecule has 2 aliphatic rings. The van der Waals surface area contributed by atoms with Crippen molar-refractivity contribution in [2.75, 3.05) is 32.7 Å². The van der Waals surface area contributed by atoms with E-state index in [1.165, 1.54) is 13.0 Å². The molecule has 2 unspecified atom stereocenters. The molecule has 86 valence electrons. The van der Waals surface area contributed by atoms with E-state index >= 15 is 0 Å². The summed E-state index contributed by atoms with van der Waals surface area (Å²) in [5, 5.41) is 8.93. The second kappa shape index (κ2) is 4.49. The van der Waals surface area contributed by atoms with Crippen LogP contribution in [0.2, 0.25) is 0 Å². The van der Waals surface area contributed by atoms with Gasteiger partial charge in [0.15, 0.2) is 0 Å². The quantitative estimate of drug-likeness (QED) is 0.739. The molecule has 15 heavy (non-hydrogen) atoms. The van der Waals surface area contributed by atoms with E-state index in [0.717, 1.165) is 32.6 Å². The van der Waals surface area contributed by atoms with Crippen LogP contribution in [0.1, 0.15) is 19.8 Å². The summed E-state index contributed by atoms with van der Waals surface area (Å²) in [5.74, 6) is -0.747. The fraction of sp³-hybridized carbons (Fsp3) is 0.909. The second-order valence-electron chi connectivity index (χ2n) is 4.65. The van der Waals surface area contributed by atoms with Gasteiger partial charge in [-0.25, -0.2) is 0 Å². The standard InChI is InChI=1S/C11H20N2O2/c1-2-12-5-4-10(8-12)13-6-3-9(7-13)11(14)15/h9-10H,2-8H2,1H3,(H,14,15).